The molecule has 0 aromatic heterocycles. The molecule has 1 aromatic carbocycles. The van der Waals surface area contributed by atoms with Gasteiger partial charge in [0.1, 0.15) is 5.75 Å². The van der Waals surface area contributed by atoms with Gasteiger partial charge in [-0.15, -0.1) is 0 Å². The number of aryl methyl sites for hydroxylation is 2. The summed E-state index contributed by atoms with van der Waals surface area (Å²) in [6, 6.07) is 3.91. The molecule has 0 radical (unpaired) electrons. The number of hydrogen-bond acceptors (Lipinski definition) is 4. The first-order valence-electron chi connectivity index (χ1n) is 6.86. The maximum Gasteiger partial charge on any atom is 0.150 e. The Balaban J connectivity index is 2.19. The molecule has 4 nitrogen and oxygen atoms in total. The third kappa shape index (κ3) is 3.33. The molecular formula is C15H22O4S. The molecule has 2 atom stereocenters. The molecule has 1 N–H and O–H groups in total. The summed E-state index contributed by atoms with van der Waals surface area (Å²) in [5.41, 5.74) is 2.84. The highest BCUT2D eigenvalue weighted by Gasteiger charge is 2.30. The molecule has 1 aliphatic rings. The molecule has 0 bridgehead atoms. The number of ether oxygens (including phenoxy) is 1. The molecule has 1 saturated heterocycles. The maximum absolute atomic E-state index is 11.5. The second kappa shape index (κ2) is 5.74. The Morgan fingerprint density at radius 1 is 1.40 bits per heavy atom. The van der Waals surface area contributed by atoms with Crippen molar-refractivity contribution in [2.45, 2.75) is 32.8 Å². The van der Waals surface area contributed by atoms with Gasteiger partial charge in [0.25, 0.3) is 0 Å². The minimum atomic E-state index is -2.90. The van der Waals surface area contributed by atoms with Crippen LogP contribution >= 0.6 is 0 Å². The summed E-state index contributed by atoms with van der Waals surface area (Å²) >= 11 is 0. The van der Waals surface area contributed by atoms with Gasteiger partial charge < -0.3 is 9.84 Å². The number of rotatable bonds is 4. The molecule has 0 saturated carbocycles. The Morgan fingerprint density at radius 2 is 2.10 bits per heavy atom. The van der Waals surface area contributed by atoms with Crippen LogP contribution in [-0.4, -0.2) is 32.1 Å². The van der Waals surface area contributed by atoms with E-state index >= 15 is 0 Å². The highest BCUT2D eigenvalue weighted by Crippen LogP contribution is 2.35. The molecule has 112 valence electrons. The van der Waals surface area contributed by atoms with Crippen LogP contribution in [0.5, 0.6) is 5.75 Å². The third-order valence-electron chi connectivity index (χ3n) is 3.93. The molecule has 20 heavy (non-hydrogen) atoms. The van der Waals surface area contributed by atoms with Gasteiger partial charge in [0.05, 0.1) is 24.7 Å². The summed E-state index contributed by atoms with van der Waals surface area (Å²) < 4.78 is 28.3. The smallest absolute Gasteiger partial charge is 0.150 e. The lowest BCUT2D eigenvalue weighted by molar-refractivity contribution is 0.144. The predicted molar refractivity (Wildman–Crippen MR) is 78.8 cm³/mol. The topological polar surface area (TPSA) is 63.6 Å². The molecule has 0 spiro atoms. The monoisotopic (exact) mass is 298 g/mol. The van der Waals surface area contributed by atoms with Crippen molar-refractivity contribution in [3.05, 3.63) is 28.8 Å². The Hall–Kier alpha value is -1.07. The minimum absolute atomic E-state index is 0.0420. The lowest BCUT2D eigenvalue weighted by atomic mass is 9.92. The van der Waals surface area contributed by atoms with E-state index in [9.17, 15) is 13.5 Å². The molecule has 0 aliphatic carbocycles. The molecule has 2 unspecified atom stereocenters. The van der Waals surface area contributed by atoms with Gasteiger partial charge in [-0.3, -0.25) is 0 Å². The van der Waals surface area contributed by atoms with Crippen LogP contribution in [0.15, 0.2) is 12.1 Å². The molecule has 1 aromatic rings. The van der Waals surface area contributed by atoms with Crippen molar-refractivity contribution in [1.82, 2.24) is 0 Å². The van der Waals surface area contributed by atoms with Crippen LogP contribution in [0.2, 0.25) is 0 Å². The quantitative estimate of drug-likeness (QED) is 0.925. The van der Waals surface area contributed by atoms with Crippen molar-refractivity contribution in [3.8, 4) is 5.75 Å². The molecule has 0 amide bonds. The van der Waals surface area contributed by atoms with E-state index in [1.807, 2.05) is 26.0 Å². The lowest BCUT2D eigenvalue weighted by Crippen LogP contribution is -2.11. The van der Waals surface area contributed by atoms with Gasteiger partial charge in [0, 0.05) is 5.56 Å². The fourth-order valence-corrected chi connectivity index (χ4v) is 4.91. The van der Waals surface area contributed by atoms with Crippen molar-refractivity contribution in [2.75, 3.05) is 18.6 Å². The Kier molecular flexibility index (Phi) is 4.39. The van der Waals surface area contributed by atoms with Gasteiger partial charge in [-0.25, -0.2) is 8.42 Å². The van der Waals surface area contributed by atoms with E-state index < -0.39 is 15.9 Å². The highest BCUT2D eigenvalue weighted by atomic mass is 32.2. The summed E-state index contributed by atoms with van der Waals surface area (Å²) in [6.07, 6.45) is 0.440. The van der Waals surface area contributed by atoms with E-state index in [0.717, 1.165) is 16.7 Å². The Labute approximate surface area is 120 Å². The summed E-state index contributed by atoms with van der Waals surface area (Å²) in [5.74, 6) is 1.15. The first kappa shape index (κ1) is 15.3. The normalized spacial score (nSPS) is 22.7. The largest absolute Gasteiger partial charge is 0.496 e. The molecular weight excluding hydrogens is 276 g/mol. The number of hydrogen-bond donors (Lipinski definition) is 1. The highest BCUT2D eigenvalue weighted by molar-refractivity contribution is 7.91. The van der Waals surface area contributed by atoms with Crippen LogP contribution in [-0.2, 0) is 9.84 Å². The Bertz CT molecular complexity index is 592. The summed E-state index contributed by atoms with van der Waals surface area (Å²) in [6.45, 7) is 3.93. The first-order valence-corrected chi connectivity index (χ1v) is 8.68. The van der Waals surface area contributed by atoms with E-state index in [-0.39, 0.29) is 17.4 Å². The van der Waals surface area contributed by atoms with Gasteiger partial charge >= 0.3 is 0 Å². The van der Waals surface area contributed by atoms with Crippen LogP contribution in [0, 0.1) is 19.8 Å². The second-order valence-corrected chi connectivity index (χ2v) is 7.95. The van der Waals surface area contributed by atoms with Gasteiger partial charge in [0.2, 0.25) is 0 Å². The molecule has 1 aliphatic heterocycles. The molecule has 2 rings (SSSR count). The van der Waals surface area contributed by atoms with E-state index in [0.29, 0.717) is 18.6 Å². The first-order chi connectivity index (χ1) is 9.32. The van der Waals surface area contributed by atoms with Crippen molar-refractivity contribution in [2.24, 2.45) is 5.92 Å². The maximum atomic E-state index is 11.5. The minimum Gasteiger partial charge on any atom is -0.496 e. The fraction of sp³-hybridized carbons (Fsp3) is 0.600. The summed E-state index contributed by atoms with van der Waals surface area (Å²) in [4.78, 5) is 0. The Morgan fingerprint density at radius 3 is 2.65 bits per heavy atom. The lowest BCUT2D eigenvalue weighted by Gasteiger charge is -2.20. The van der Waals surface area contributed by atoms with Crippen LogP contribution in [0.3, 0.4) is 0 Å². The number of aliphatic hydroxyl groups excluding tert-OH is 1. The zero-order chi connectivity index (χ0) is 14.9. The fourth-order valence-electron chi connectivity index (χ4n) is 3.03. The van der Waals surface area contributed by atoms with Gasteiger partial charge in [-0.05, 0) is 49.8 Å². The van der Waals surface area contributed by atoms with Gasteiger partial charge in [-0.2, -0.15) is 0 Å². The van der Waals surface area contributed by atoms with E-state index in [1.165, 1.54) is 0 Å². The average Bonchev–Trinajstić information content (AvgIpc) is 2.67. The number of methoxy groups -OCH3 is 1. The molecule has 1 fully saturated rings. The second-order valence-electron chi connectivity index (χ2n) is 5.72. The summed E-state index contributed by atoms with van der Waals surface area (Å²) in [7, 11) is -1.31. The van der Waals surface area contributed by atoms with Crippen LogP contribution in [0.25, 0.3) is 0 Å². The zero-order valence-electron chi connectivity index (χ0n) is 12.2. The van der Waals surface area contributed by atoms with Gasteiger partial charge in [0.15, 0.2) is 9.84 Å². The number of sulfone groups is 1. The summed E-state index contributed by atoms with van der Waals surface area (Å²) in [5, 5.41) is 10.5. The van der Waals surface area contributed by atoms with Crippen LogP contribution in [0.4, 0.5) is 0 Å². The van der Waals surface area contributed by atoms with E-state index in [1.54, 1.807) is 7.11 Å². The van der Waals surface area contributed by atoms with Crippen molar-refractivity contribution >= 4 is 9.84 Å². The van der Waals surface area contributed by atoms with Crippen molar-refractivity contribution < 1.29 is 18.3 Å². The van der Waals surface area contributed by atoms with Crippen molar-refractivity contribution in [3.63, 3.8) is 0 Å². The SMILES string of the molecule is COc1cc(C)cc(C)c1C(O)CC1CCS(=O)(=O)C1. The molecule has 1 heterocycles. The molecule has 5 heteroatoms. The standard InChI is InChI=1S/C15H22O4S/c1-10-6-11(2)15(14(7-10)19-3)13(16)8-12-4-5-20(17,18)9-12/h6-7,12-13,16H,4-5,8-9H2,1-3H3. The van der Waals surface area contributed by atoms with Crippen LogP contribution < -0.4 is 4.74 Å². The average molecular weight is 298 g/mol. The number of aliphatic hydroxyl groups is 1. The third-order valence-corrected chi connectivity index (χ3v) is 5.77. The van der Waals surface area contributed by atoms with Gasteiger partial charge in [-0.1, -0.05) is 6.07 Å². The van der Waals surface area contributed by atoms with Crippen LogP contribution in [0.1, 0.15) is 35.6 Å². The van der Waals surface area contributed by atoms with E-state index in [2.05, 4.69) is 0 Å². The van der Waals surface area contributed by atoms with Crippen molar-refractivity contribution in [1.29, 1.82) is 0 Å². The number of benzene rings is 1. The predicted octanol–water partition coefficient (Wildman–Crippen LogP) is 2.17. The zero-order valence-corrected chi connectivity index (χ0v) is 13.0. The van der Waals surface area contributed by atoms with E-state index in [4.69, 9.17) is 4.74 Å².